The molecular formula is C13H15ClFNO3. The molecule has 2 rings (SSSR count). The van der Waals surface area contributed by atoms with Gasteiger partial charge in [-0.1, -0.05) is 17.7 Å². The fourth-order valence-corrected chi connectivity index (χ4v) is 2.42. The number of carboxylic acid groups (broad SMARTS) is 1. The smallest absolute Gasteiger partial charge is 0.320 e. The normalized spacial score (nSPS) is 22.2. The summed E-state index contributed by atoms with van der Waals surface area (Å²) in [6.07, 6.45) is -0.330. The Hall–Kier alpha value is -1.17. The maximum Gasteiger partial charge on any atom is 0.320 e. The van der Waals surface area contributed by atoms with Crippen LogP contribution in [0.25, 0.3) is 0 Å². The molecule has 2 atom stereocenters. The second kappa shape index (κ2) is 5.86. The molecule has 0 spiro atoms. The number of ether oxygens (including phenoxy) is 1. The lowest BCUT2D eigenvalue weighted by Crippen LogP contribution is -2.46. The van der Waals surface area contributed by atoms with Crippen LogP contribution in [0, 0.1) is 5.82 Å². The number of aliphatic carboxylic acids is 1. The third-order valence-corrected chi connectivity index (χ3v) is 3.64. The van der Waals surface area contributed by atoms with Crippen LogP contribution in [0.15, 0.2) is 18.2 Å². The predicted molar refractivity (Wildman–Crippen MR) is 68.8 cm³/mol. The minimum absolute atomic E-state index is 0.301. The Kier molecular flexibility index (Phi) is 4.39. The van der Waals surface area contributed by atoms with Gasteiger partial charge in [-0.3, -0.25) is 9.69 Å². The number of rotatable bonds is 3. The molecule has 6 heteroatoms. The molecule has 1 aliphatic rings. The molecule has 0 radical (unpaired) electrons. The first-order valence-electron chi connectivity index (χ1n) is 6.02. The molecular weight excluding hydrogens is 273 g/mol. The van der Waals surface area contributed by atoms with E-state index in [9.17, 15) is 9.18 Å². The fraction of sp³-hybridized carbons (Fsp3) is 0.462. The molecule has 19 heavy (non-hydrogen) atoms. The van der Waals surface area contributed by atoms with E-state index in [-0.39, 0.29) is 6.10 Å². The first kappa shape index (κ1) is 14.2. The Morgan fingerprint density at radius 3 is 3.00 bits per heavy atom. The van der Waals surface area contributed by atoms with Gasteiger partial charge in [-0.25, -0.2) is 4.39 Å². The third kappa shape index (κ3) is 3.23. The molecule has 0 amide bonds. The minimum Gasteiger partial charge on any atom is -0.480 e. The van der Waals surface area contributed by atoms with E-state index in [1.165, 1.54) is 12.1 Å². The van der Waals surface area contributed by atoms with E-state index >= 15 is 0 Å². The molecule has 1 N–H and O–H groups in total. The minimum atomic E-state index is -0.870. The zero-order chi connectivity index (χ0) is 14.0. The van der Waals surface area contributed by atoms with Crippen molar-refractivity contribution in [2.24, 2.45) is 0 Å². The van der Waals surface area contributed by atoms with Crippen molar-refractivity contribution < 1.29 is 19.0 Å². The summed E-state index contributed by atoms with van der Waals surface area (Å²) in [4.78, 5) is 12.8. The molecule has 1 aliphatic heterocycles. The lowest BCUT2D eigenvalue weighted by atomic mass is 10.1. The van der Waals surface area contributed by atoms with E-state index in [1.54, 1.807) is 13.0 Å². The quantitative estimate of drug-likeness (QED) is 0.927. The lowest BCUT2D eigenvalue weighted by molar-refractivity contribution is -0.145. The van der Waals surface area contributed by atoms with Gasteiger partial charge < -0.3 is 9.84 Å². The Labute approximate surface area is 115 Å². The van der Waals surface area contributed by atoms with Crippen LogP contribution < -0.4 is 0 Å². The second-order valence-electron chi connectivity index (χ2n) is 4.53. The molecule has 1 saturated heterocycles. The Bertz CT molecular complexity index is 483. The second-order valence-corrected chi connectivity index (χ2v) is 4.94. The zero-order valence-corrected chi connectivity index (χ0v) is 11.2. The maximum absolute atomic E-state index is 13.0. The van der Waals surface area contributed by atoms with E-state index in [1.807, 2.05) is 4.90 Å². The van der Waals surface area contributed by atoms with Gasteiger partial charge in [0.2, 0.25) is 0 Å². The third-order valence-electron chi connectivity index (χ3n) is 3.31. The Morgan fingerprint density at radius 2 is 2.37 bits per heavy atom. The molecule has 0 aliphatic carbocycles. The number of carbonyl (C=O) groups is 1. The summed E-state index contributed by atoms with van der Waals surface area (Å²) in [7, 11) is 0. The molecule has 0 bridgehead atoms. The highest BCUT2D eigenvalue weighted by Gasteiger charge is 2.29. The SMILES string of the molecule is CC(C(=O)O)N1CCOC(c2ccc(F)cc2Cl)C1. The van der Waals surface area contributed by atoms with Crippen molar-refractivity contribution in [3.63, 3.8) is 0 Å². The number of halogens is 2. The first-order chi connectivity index (χ1) is 8.99. The largest absolute Gasteiger partial charge is 0.480 e. The van der Waals surface area contributed by atoms with E-state index in [0.717, 1.165) is 0 Å². The van der Waals surface area contributed by atoms with Gasteiger partial charge in [0, 0.05) is 23.7 Å². The van der Waals surface area contributed by atoms with Crippen molar-refractivity contribution in [1.29, 1.82) is 0 Å². The topological polar surface area (TPSA) is 49.8 Å². The van der Waals surface area contributed by atoms with Gasteiger partial charge in [-0.05, 0) is 19.1 Å². The molecule has 0 aromatic heterocycles. The van der Waals surface area contributed by atoms with Gasteiger partial charge >= 0.3 is 5.97 Å². The van der Waals surface area contributed by atoms with Gasteiger partial charge in [-0.15, -0.1) is 0 Å². The number of carboxylic acids is 1. The van der Waals surface area contributed by atoms with E-state index in [2.05, 4.69) is 0 Å². The number of nitrogens with zero attached hydrogens (tertiary/aromatic N) is 1. The number of hydrogen-bond donors (Lipinski definition) is 1. The van der Waals surface area contributed by atoms with Gasteiger partial charge in [-0.2, -0.15) is 0 Å². The van der Waals surface area contributed by atoms with E-state index in [4.69, 9.17) is 21.4 Å². The number of benzene rings is 1. The highest BCUT2D eigenvalue weighted by Crippen LogP contribution is 2.29. The maximum atomic E-state index is 13.0. The molecule has 1 fully saturated rings. The van der Waals surface area contributed by atoms with Crippen LogP contribution in [0.2, 0.25) is 5.02 Å². The van der Waals surface area contributed by atoms with Crippen molar-refractivity contribution in [3.05, 3.63) is 34.6 Å². The summed E-state index contributed by atoms with van der Waals surface area (Å²) in [6.45, 7) is 3.05. The Morgan fingerprint density at radius 1 is 1.63 bits per heavy atom. The molecule has 4 nitrogen and oxygen atoms in total. The molecule has 1 heterocycles. The summed E-state index contributed by atoms with van der Waals surface area (Å²) in [5.41, 5.74) is 0.686. The number of morpholine rings is 1. The average molecular weight is 288 g/mol. The van der Waals surface area contributed by atoms with Crippen molar-refractivity contribution in [2.45, 2.75) is 19.1 Å². The van der Waals surface area contributed by atoms with Crippen LogP contribution in [0.5, 0.6) is 0 Å². The lowest BCUT2D eigenvalue weighted by Gasteiger charge is -2.35. The van der Waals surface area contributed by atoms with E-state index in [0.29, 0.717) is 30.3 Å². The molecule has 2 unspecified atom stereocenters. The highest BCUT2D eigenvalue weighted by molar-refractivity contribution is 6.31. The van der Waals surface area contributed by atoms with Crippen LogP contribution in [-0.4, -0.2) is 41.7 Å². The first-order valence-corrected chi connectivity index (χ1v) is 6.40. The molecule has 104 valence electrons. The summed E-state index contributed by atoms with van der Waals surface area (Å²) < 4.78 is 18.6. The summed E-state index contributed by atoms with van der Waals surface area (Å²) >= 11 is 6.00. The fourth-order valence-electron chi connectivity index (χ4n) is 2.13. The predicted octanol–water partition coefficient (Wildman–Crippen LogP) is 2.33. The van der Waals surface area contributed by atoms with Crippen LogP contribution in [-0.2, 0) is 9.53 Å². The van der Waals surface area contributed by atoms with Gasteiger partial charge in [0.1, 0.15) is 11.9 Å². The number of hydrogen-bond acceptors (Lipinski definition) is 3. The highest BCUT2D eigenvalue weighted by atomic mass is 35.5. The summed E-state index contributed by atoms with van der Waals surface area (Å²) in [5, 5.41) is 9.32. The van der Waals surface area contributed by atoms with Crippen molar-refractivity contribution in [2.75, 3.05) is 19.7 Å². The van der Waals surface area contributed by atoms with Crippen LogP contribution in [0.1, 0.15) is 18.6 Å². The van der Waals surface area contributed by atoms with Crippen LogP contribution in [0.4, 0.5) is 4.39 Å². The molecule has 1 aromatic carbocycles. The zero-order valence-electron chi connectivity index (χ0n) is 10.5. The molecule has 0 saturated carbocycles. The van der Waals surface area contributed by atoms with Crippen molar-refractivity contribution in [3.8, 4) is 0 Å². The van der Waals surface area contributed by atoms with Crippen molar-refractivity contribution in [1.82, 2.24) is 4.90 Å². The molecule has 1 aromatic rings. The van der Waals surface area contributed by atoms with Crippen molar-refractivity contribution >= 4 is 17.6 Å². The van der Waals surface area contributed by atoms with E-state index < -0.39 is 17.8 Å². The average Bonchev–Trinajstić information content (AvgIpc) is 2.38. The van der Waals surface area contributed by atoms with Gasteiger partial charge in [0.05, 0.1) is 12.7 Å². The summed E-state index contributed by atoms with van der Waals surface area (Å²) in [5.74, 6) is -1.27. The van der Waals surface area contributed by atoms with Gasteiger partial charge in [0.25, 0.3) is 0 Å². The van der Waals surface area contributed by atoms with Gasteiger partial charge in [0.15, 0.2) is 0 Å². The monoisotopic (exact) mass is 287 g/mol. The summed E-state index contributed by atoms with van der Waals surface area (Å²) in [6, 6.07) is 3.56. The van der Waals surface area contributed by atoms with Crippen LogP contribution >= 0.6 is 11.6 Å². The Balaban J connectivity index is 2.15. The van der Waals surface area contributed by atoms with Crippen LogP contribution in [0.3, 0.4) is 0 Å². The standard InChI is InChI=1S/C13H15ClFNO3/c1-8(13(17)18)16-4-5-19-12(7-16)10-3-2-9(15)6-11(10)14/h2-3,6,8,12H,4-5,7H2,1H3,(H,17,18).